The summed E-state index contributed by atoms with van der Waals surface area (Å²) < 4.78 is 5.57. The Morgan fingerprint density at radius 1 is 1.00 bits per heavy atom. The Kier molecular flexibility index (Phi) is 4.81. The molecule has 0 saturated carbocycles. The number of hydrogen-bond donors (Lipinski definition) is 0. The van der Waals surface area contributed by atoms with Gasteiger partial charge >= 0.3 is 0 Å². The molecule has 2 rings (SSSR count). The van der Waals surface area contributed by atoms with Gasteiger partial charge in [-0.1, -0.05) is 36.4 Å². The van der Waals surface area contributed by atoms with Gasteiger partial charge in [-0.05, 0) is 11.6 Å². The molecule has 0 spiro atoms. The highest BCUT2D eigenvalue weighted by molar-refractivity contribution is 5.66. The van der Waals surface area contributed by atoms with Crippen LogP contribution < -0.4 is 4.74 Å². The highest BCUT2D eigenvalue weighted by atomic mass is 16.6. The van der Waals surface area contributed by atoms with Gasteiger partial charge in [0.1, 0.15) is 17.9 Å². The molecule has 22 heavy (non-hydrogen) atoms. The molecule has 0 aliphatic heterocycles. The Bertz CT molecular complexity index is 713. The van der Waals surface area contributed by atoms with Gasteiger partial charge in [0.15, 0.2) is 0 Å². The third-order valence-electron chi connectivity index (χ3n) is 2.84. The van der Waals surface area contributed by atoms with Crippen LogP contribution in [0.1, 0.15) is 11.1 Å². The molecule has 0 amide bonds. The highest BCUT2D eigenvalue weighted by Gasteiger charge is 2.17. The number of nitro groups is 2. The van der Waals surface area contributed by atoms with Crippen LogP contribution in [-0.2, 0) is 6.61 Å². The molecule has 0 radical (unpaired) electrons. The quantitative estimate of drug-likeness (QED) is 0.601. The van der Waals surface area contributed by atoms with E-state index >= 15 is 0 Å². The molecule has 7 nitrogen and oxygen atoms in total. The maximum Gasteiger partial charge on any atom is 0.280 e. The number of hydrogen-bond acceptors (Lipinski definition) is 5. The zero-order valence-electron chi connectivity index (χ0n) is 11.4. The summed E-state index contributed by atoms with van der Waals surface area (Å²) in [5.41, 5.74) is 0.710. The maximum absolute atomic E-state index is 11.0. The van der Waals surface area contributed by atoms with Crippen molar-refractivity contribution in [3.63, 3.8) is 0 Å². The first-order valence-electron chi connectivity index (χ1n) is 6.34. The number of rotatable bonds is 6. The van der Waals surface area contributed by atoms with Crippen molar-refractivity contribution in [2.45, 2.75) is 6.61 Å². The molecule has 0 aliphatic carbocycles. The van der Waals surface area contributed by atoms with Gasteiger partial charge in [-0.3, -0.25) is 20.2 Å². The molecule has 0 saturated heterocycles. The first-order chi connectivity index (χ1) is 10.6. The molecule has 2 aromatic carbocycles. The van der Waals surface area contributed by atoms with Crippen molar-refractivity contribution in [1.29, 1.82) is 0 Å². The largest absolute Gasteiger partial charge is 0.488 e. The van der Waals surface area contributed by atoms with Gasteiger partial charge in [-0.25, -0.2) is 0 Å². The molecule has 0 heterocycles. The Morgan fingerprint density at radius 3 is 2.36 bits per heavy atom. The van der Waals surface area contributed by atoms with Crippen LogP contribution in [0.2, 0.25) is 0 Å². The third-order valence-corrected chi connectivity index (χ3v) is 2.84. The van der Waals surface area contributed by atoms with E-state index in [9.17, 15) is 20.2 Å². The summed E-state index contributed by atoms with van der Waals surface area (Å²) in [4.78, 5) is 20.2. The fourth-order valence-electron chi connectivity index (χ4n) is 1.86. The summed E-state index contributed by atoms with van der Waals surface area (Å²) in [5.74, 6) is 0.219. The van der Waals surface area contributed by atoms with Crippen LogP contribution in [0.5, 0.6) is 5.75 Å². The van der Waals surface area contributed by atoms with Gasteiger partial charge < -0.3 is 4.74 Å². The first kappa shape index (κ1) is 15.2. The molecular formula is C15H12N2O5. The van der Waals surface area contributed by atoms with Gasteiger partial charge in [0.05, 0.1) is 9.85 Å². The van der Waals surface area contributed by atoms with E-state index in [2.05, 4.69) is 0 Å². The molecule has 0 aliphatic rings. The molecule has 0 unspecified atom stereocenters. The third kappa shape index (κ3) is 3.89. The molecule has 0 fully saturated rings. The van der Waals surface area contributed by atoms with Crippen molar-refractivity contribution in [3.8, 4) is 5.75 Å². The van der Waals surface area contributed by atoms with Crippen LogP contribution in [0.15, 0.2) is 54.7 Å². The lowest BCUT2D eigenvalue weighted by atomic mass is 10.1. The van der Waals surface area contributed by atoms with Gasteiger partial charge in [-0.2, -0.15) is 0 Å². The van der Waals surface area contributed by atoms with E-state index in [-0.39, 0.29) is 23.6 Å². The fraction of sp³-hybridized carbons (Fsp3) is 0.0667. The topological polar surface area (TPSA) is 95.5 Å². The number of ether oxygens (including phenoxy) is 1. The first-order valence-corrected chi connectivity index (χ1v) is 6.34. The van der Waals surface area contributed by atoms with Crippen LogP contribution in [0.4, 0.5) is 5.69 Å². The molecule has 0 atom stereocenters. The second-order valence-corrected chi connectivity index (χ2v) is 4.32. The summed E-state index contributed by atoms with van der Waals surface area (Å²) in [5, 5.41) is 21.5. The average molecular weight is 300 g/mol. The van der Waals surface area contributed by atoms with Gasteiger partial charge in [-0.15, -0.1) is 0 Å². The summed E-state index contributed by atoms with van der Waals surface area (Å²) in [6, 6.07) is 13.5. The number of nitro benzene ring substituents is 1. The lowest BCUT2D eigenvalue weighted by Crippen LogP contribution is -2.00. The Hall–Kier alpha value is -3.22. The highest BCUT2D eigenvalue weighted by Crippen LogP contribution is 2.30. The van der Waals surface area contributed by atoms with Crippen LogP contribution in [0, 0.1) is 20.2 Å². The smallest absolute Gasteiger partial charge is 0.280 e. The molecule has 2 aromatic rings. The van der Waals surface area contributed by atoms with Crippen molar-refractivity contribution >= 4 is 11.8 Å². The van der Waals surface area contributed by atoms with Gasteiger partial charge in [0.25, 0.3) is 5.69 Å². The van der Waals surface area contributed by atoms with Gasteiger partial charge in [0.2, 0.25) is 6.20 Å². The number of benzene rings is 2. The minimum absolute atomic E-state index is 0.0696. The SMILES string of the molecule is O=[N+]([O-])/C=C/c1c(OCc2ccccc2)cccc1[N+](=O)[O-]. The van der Waals surface area contributed by atoms with Crippen molar-refractivity contribution < 1.29 is 14.6 Å². The Labute approximate surface area is 125 Å². The second-order valence-electron chi connectivity index (χ2n) is 4.32. The second kappa shape index (κ2) is 6.98. The lowest BCUT2D eigenvalue weighted by molar-refractivity contribution is -0.401. The van der Waals surface area contributed by atoms with Crippen LogP contribution in [-0.4, -0.2) is 9.85 Å². The van der Waals surface area contributed by atoms with Crippen LogP contribution >= 0.6 is 0 Å². The van der Waals surface area contributed by atoms with E-state index in [1.54, 1.807) is 0 Å². The molecule has 0 aromatic heterocycles. The van der Waals surface area contributed by atoms with E-state index in [1.165, 1.54) is 18.2 Å². The zero-order valence-corrected chi connectivity index (χ0v) is 11.4. The van der Waals surface area contributed by atoms with Crippen LogP contribution in [0.3, 0.4) is 0 Å². The summed E-state index contributed by atoms with van der Waals surface area (Å²) in [6.45, 7) is 0.210. The molecule has 0 bridgehead atoms. The van der Waals surface area contributed by atoms with E-state index < -0.39 is 9.85 Å². The van der Waals surface area contributed by atoms with E-state index in [0.717, 1.165) is 11.6 Å². The summed E-state index contributed by atoms with van der Waals surface area (Å²) in [6.07, 6.45) is 1.72. The predicted molar refractivity (Wildman–Crippen MR) is 79.9 cm³/mol. The molecule has 0 N–H and O–H groups in total. The zero-order chi connectivity index (χ0) is 15.9. The van der Waals surface area contributed by atoms with Crippen molar-refractivity contribution in [1.82, 2.24) is 0 Å². The van der Waals surface area contributed by atoms with Gasteiger partial charge in [0, 0.05) is 12.1 Å². The predicted octanol–water partition coefficient (Wildman–Crippen LogP) is 3.42. The number of nitrogens with zero attached hydrogens (tertiary/aromatic N) is 2. The van der Waals surface area contributed by atoms with E-state index in [1.807, 2.05) is 30.3 Å². The normalized spacial score (nSPS) is 10.5. The minimum atomic E-state index is -0.683. The Balaban J connectivity index is 2.31. The lowest BCUT2D eigenvalue weighted by Gasteiger charge is -2.09. The molecule has 112 valence electrons. The van der Waals surface area contributed by atoms with E-state index in [0.29, 0.717) is 6.20 Å². The Morgan fingerprint density at radius 2 is 1.73 bits per heavy atom. The summed E-state index contributed by atoms with van der Waals surface area (Å²) in [7, 11) is 0. The molecular weight excluding hydrogens is 288 g/mol. The average Bonchev–Trinajstić information content (AvgIpc) is 2.51. The summed E-state index contributed by atoms with van der Waals surface area (Å²) >= 11 is 0. The van der Waals surface area contributed by atoms with E-state index in [4.69, 9.17) is 4.74 Å². The maximum atomic E-state index is 11.0. The standard InChI is InChI=1S/C15H12N2O5/c18-16(19)10-9-13-14(17(20)21)7-4-8-15(13)22-11-12-5-2-1-3-6-12/h1-10H,11H2/b10-9+. The fourth-order valence-corrected chi connectivity index (χ4v) is 1.86. The molecule has 7 heteroatoms. The van der Waals surface area contributed by atoms with Crippen LogP contribution in [0.25, 0.3) is 6.08 Å². The van der Waals surface area contributed by atoms with Crippen molar-refractivity contribution in [2.24, 2.45) is 0 Å². The minimum Gasteiger partial charge on any atom is -0.488 e. The van der Waals surface area contributed by atoms with Crippen molar-refractivity contribution in [2.75, 3.05) is 0 Å². The monoisotopic (exact) mass is 300 g/mol. The van der Waals surface area contributed by atoms with Crippen molar-refractivity contribution in [3.05, 3.63) is 86.1 Å².